The summed E-state index contributed by atoms with van der Waals surface area (Å²) < 4.78 is 1.15. The van der Waals surface area contributed by atoms with E-state index >= 15 is 0 Å². The van der Waals surface area contributed by atoms with Crippen LogP contribution in [0.3, 0.4) is 0 Å². The highest BCUT2D eigenvalue weighted by Crippen LogP contribution is 2.34. The van der Waals surface area contributed by atoms with E-state index in [0.717, 1.165) is 21.1 Å². The van der Waals surface area contributed by atoms with Crippen LogP contribution in [0.1, 0.15) is 34.6 Å². The molecule has 100 valence electrons. The Morgan fingerprint density at radius 1 is 1.26 bits per heavy atom. The lowest BCUT2D eigenvalue weighted by molar-refractivity contribution is 0.103. The average Bonchev–Trinajstić information content (AvgIpc) is 2.78. The predicted molar refractivity (Wildman–Crippen MR) is 84.5 cm³/mol. The molecule has 0 radical (unpaired) electrons. The Balaban J connectivity index is 2.26. The van der Waals surface area contributed by atoms with Crippen LogP contribution in [-0.2, 0) is 0 Å². The van der Waals surface area contributed by atoms with Crippen LogP contribution in [0.2, 0.25) is 0 Å². The zero-order valence-electron chi connectivity index (χ0n) is 11.5. The normalized spacial score (nSPS) is 10.9. The Bertz CT molecular complexity index is 555. The van der Waals surface area contributed by atoms with Crippen LogP contribution in [0, 0.1) is 12.8 Å². The fourth-order valence-corrected chi connectivity index (χ4v) is 4.10. The van der Waals surface area contributed by atoms with Crippen molar-refractivity contribution in [2.45, 2.75) is 25.0 Å². The van der Waals surface area contributed by atoms with Gasteiger partial charge in [-0.3, -0.25) is 4.79 Å². The van der Waals surface area contributed by atoms with Gasteiger partial charge in [0.15, 0.2) is 5.78 Å². The summed E-state index contributed by atoms with van der Waals surface area (Å²) in [6.07, 6.45) is 0. The molecule has 0 fully saturated rings. The van der Waals surface area contributed by atoms with E-state index in [1.54, 1.807) is 23.1 Å². The molecule has 0 aliphatic heterocycles. The number of aryl methyl sites for hydroxylation is 1. The lowest BCUT2D eigenvalue weighted by atomic mass is 10.1. The van der Waals surface area contributed by atoms with Crippen molar-refractivity contribution >= 4 is 28.9 Å². The number of rotatable bonds is 5. The van der Waals surface area contributed by atoms with Crippen molar-refractivity contribution in [3.8, 4) is 0 Å². The number of carbonyl (C=O) groups excluding carboxylic acids is 1. The topological polar surface area (TPSA) is 17.1 Å². The Kier molecular flexibility index (Phi) is 4.83. The molecule has 0 aliphatic rings. The highest BCUT2D eigenvalue weighted by Gasteiger charge is 2.17. The Morgan fingerprint density at radius 3 is 2.58 bits per heavy atom. The maximum absolute atomic E-state index is 12.5. The van der Waals surface area contributed by atoms with Gasteiger partial charge in [-0.2, -0.15) is 0 Å². The summed E-state index contributed by atoms with van der Waals surface area (Å²) in [5.74, 6) is 1.82. The summed E-state index contributed by atoms with van der Waals surface area (Å²) in [4.78, 5) is 13.7. The van der Waals surface area contributed by atoms with E-state index in [1.165, 1.54) is 4.88 Å². The third-order valence-electron chi connectivity index (χ3n) is 2.65. The molecular formula is C16H18OS2. The first-order chi connectivity index (χ1) is 9.08. The van der Waals surface area contributed by atoms with Crippen molar-refractivity contribution in [1.29, 1.82) is 0 Å². The molecule has 0 spiro atoms. The first-order valence-corrected chi connectivity index (χ1v) is 8.21. The predicted octanol–water partition coefficient (Wildman–Crippen LogP) is 5.04. The van der Waals surface area contributed by atoms with Crippen molar-refractivity contribution in [3.63, 3.8) is 0 Å². The molecule has 0 unspecified atom stereocenters. The van der Waals surface area contributed by atoms with Crippen molar-refractivity contribution in [1.82, 2.24) is 0 Å². The molecule has 0 amide bonds. The molecule has 0 bridgehead atoms. The van der Waals surface area contributed by atoms with Gasteiger partial charge in [0, 0.05) is 21.8 Å². The molecule has 0 atom stereocenters. The summed E-state index contributed by atoms with van der Waals surface area (Å²) >= 11 is 3.52. The lowest BCUT2D eigenvalue weighted by Gasteiger charge is -2.05. The smallest absolute Gasteiger partial charge is 0.195 e. The van der Waals surface area contributed by atoms with Crippen LogP contribution in [0.4, 0.5) is 0 Å². The van der Waals surface area contributed by atoms with E-state index < -0.39 is 0 Å². The molecule has 1 aromatic heterocycles. The van der Waals surface area contributed by atoms with Crippen LogP contribution in [0.5, 0.6) is 0 Å². The van der Waals surface area contributed by atoms with Gasteiger partial charge in [-0.05, 0) is 18.9 Å². The maximum Gasteiger partial charge on any atom is 0.195 e. The molecule has 1 nitrogen and oxygen atoms in total. The van der Waals surface area contributed by atoms with Crippen molar-refractivity contribution in [3.05, 3.63) is 52.4 Å². The second-order valence-corrected chi connectivity index (χ2v) is 7.50. The standard InChI is InChI=1S/C16H18OS2/c1-11(2)10-18-16-14(9-12(3)19-16)15(17)13-7-5-4-6-8-13/h4-9,11H,10H2,1-3H3. The van der Waals surface area contributed by atoms with Crippen LogP contribution >= 0.6 is 23.1 Å². The molecule has 0 saturated heterocycles. The lowest BCUT2D eigenvalue weighted by Crippen LogP contribution is -2.01. The molecule has 0 aliphatic carbocycles. The average molecular weight is 290 g/mol. The molecular weight excluding hydrogens is 272 g/mol. The highest BCUT2D eigenvalue weighted by atomic mass is 32.2. The third-order valence-corrected chi connectivity index (χ3v) is 5.41. The van der Waals surface area contributed by atoms with Gasteiger partial charge in [-0.25, -0.2) is 0 Å². The van der Waals surface area contributed by atoms with Gasteiger partial charge in [0.25, 0.3) is 0 Å². The van der Waals surface area contributed by atoms with Gasteiger partial charge in [0.1, 0.15) is 0 Å². The van der Waals surface area contributed by atoms with Crippen LogP contribution in [-0.4, -0.2) is 11.5 Å². The van der Waals surface area contributed by atoms with E-state index in [0.29, 0.717) is 5.92 Å². The molecule has 3 heteroatoms. The van der Waals surface area contributed by atoms with Crippen molar-refractivity contribution in [2.24, 2.45) is 5.92 Å². The molecule has 19 heavy (non-hydrogen) atoms. The van der Waals surface area contributed by atoms with E-state index in [4.69, 9.17) is 0 Å². The van der Waals surface area contributed by atoms with E-state index in [9.17, 15) is 4.79 Å². The number of thiophene rings is 1. The molecule has 2 aromatic rings. The number of benzene rings is 1. The molecule has 1 heterocycles. The van der Waals surface area contributed by atoms with Gasteiger partial charge in [0.05, 0.1) is 4.21 Å². The van der Waals surface area contributed by atoms with Gasteiger partial charge < -0.3 is 0 Å². The first-order valence-electron chi connectivity index (χ1n) is 6.41. The summed E-state index contributed by atoms with van der Waals surface area (Å²) in [5, 5.41) is 0. The highest BCUT2D eigenvalue weighted by molar-refractivity contribution is 8.01. The number of carbonyl (C=O) groups is 1. The van der Waals surface area contributed by atoms with Gasteiger partial charge in [-0.1, -0.05) is 44.2 Å². The molecule has 1 aromatic carbocycles. The minimum absolute atomic E-state index is 0.135. The summed E-state index contributed by atoms with van der Waals surface area (Å²) in [5.41, 5.74) is 1.63. The summed E-state index contributed by atoms with van der Waals surface area (Å²) in [7, 11) is 0. The number of hydrogen-bond acceptors (Lipinski definition) is 3. The minimum Gasteiger partial charge on any atom is -0.289 e. The van der Waals surface area contributed by atoms with E-state index in [-0.39, 0.29) is 5.78 Å². The zero-order chi connectivity index (χ0) is 13.8. The van der Waals surface area contributed by atoms with Crippen LogP contribution < -0.4 is 0 Å². The molecule has 0 saturated carbocycles. The van der Waals surface area contributed by atoms with Crippen molar-refractivity contribution in [2.75, 3.05) is 5.75 Å². The minimum atomic E-state index is 0.135. The zero-order valence-corrected chi connectivity index (χ0v) is 13.1. The molecule has 2 rings (SSSR count). The number of hydrogen-bond donors (Lipinski definition) is 0. The van der Waals surface area contributed by atoms with Crippen LogP contribution in [0.15, 0.2) is 40.6 Å². The van der Waals surface area contributed by atoms with E-state index in [1.807, 2.05) is 36.4 Å². The Hall–Kier alpha value is -1.06. The second kappa shape index (κ2) is 6.40. The quantitative estimate of drug-likeness (QED) is 0.567. The van der Waals surface area contributed by atoms with Crippen molar-refractivity contribution < 1.29 is 4.79 Å². The Morgan fingerprint density at radius 2 is 1.95 bits per heavy atom. The largest absolute Gasteiger partial charge is 0.289 e. The molecule has 0 N–H and O–H groups in total. The summed E-state index contributed by atoms with van der Waals surface area (Å²) in [6, 6.07) is 11.5. The first kappa shape index (κ1) is 14.4. The Labute approximate surface area is 123 Å². The van der Waals surface area contributed by atoms with Gasteiger partial charge >= 0.3 is 0 Å². The van der Waals surface area contributed by atoms with Crippen LogP contribution in [0.25, 0.3) is 0 Å². The SMILES string of the molecule is Cc1cc(C(=O)c2ccccc2)c(SCC(C)C)s1. The fraction of sp³-hybridized carbons (Fsp3) is 0.312. The third kappa shape index (κ3) is 3.71. The number of ketones is 1. The van der Waals surface area contributed by atoms with Gasteiger partial charge in [-0.15, -0.1) is 23.1 Å². The van der Waals surface area contributed by atoms with Gasteiger partial charge in [0.2, 0.25) is 0 Å². The monoisotopic (exact) mass is 290 g/mol. The maximum atomic E-state index is 12.5. The fourth-order valence-electron chi connectivity index (χ4n) is 1.75. The second-order valence-electron chi connectivity index (χ2n) is 4.96. The van der Waals surface area contributed by atoms with E-state index in [2.05, 4.69) is 20.8 Å². The summed E-state index contributed by atoms with van der Waals surface area (Å²) in [6.45, 7) is 6.46. The number of thioether (sulfide) groups is 1.